The number of ether oxygens (including phenoxy) is 2. The number of carbonyl (C=O) groups is 2. The molecule has 0 bridgehead atoms. The molecule has 1 heterocycles. The van der Waals surface area contributed by atoms with Gasteiger partial charge in [0.2, 0.25) is 6.10 Å². The Morgan fingerprint density at radius 3 is 2.57 bits per heavy atom. The number of rotatable bonds is 5. The number of nitrogens with one attached hydrogen (secondary N) is 3. The summed E-state index contributed by atoms with van der Waals surface area (Å²) in [5, 5.41) is 17.7. The second kappa shape index (κ2) is 7.91. The second-order valence-electron chi connectivity index (χ2n) is 6.37. The van der Waals surface area contributed by atoms with Crippen LogP contribution in [0, 0.1) is 10.8 Å². The first-order valence-electron chi connectivity index (χ1n) is 8.55. The Labute approximate surface area is 162 Å². The lowest BCUT2D eigenvalue weighted by atomic mass is 10.0. The lowest BCUT2D eigenvalue weighted by Crippen LogP contribution is -2.40. The number of para-hydroxylation sites is 2. The van der Waals surface area contributed by atoms with E-state index in [1.807, 2.05) is 6.07 Å². The molecule has 2 amide bonds. The van der Waals surface area contributed by atoms with Crippen LogP contribution in [0.1, 0.15) is 15.9 Å². The van der Waals surface area contributed by atoms with Crippen LogP contribution < -0.4 is 14.8 Å². The summed E-state index contributed by atoms with van der Waals surface area (Å²) in [4.78, 5) is 26.6. The minimum atomic E-state index is -0.864. The van der Waals surface area contributed by atoms with E-state index in [0.29, 0.717) is 22.7 Å². The van der Waals surface area contributed by atoms with Crippen molar-refractivity contribution in [3.8, 4) is 11.5 Å². The fourth-order valence-electron chi connectivity index (χ4n) is 2.68. The SMILES string of the molecule is CN(C)C(=O)c1cc(C(=N)C=N)ccc1NC(=O)C1COc2ccccc2O1. The molecule has 0 spiro atoms. The van der Waals surface area contributed by atoms with Gasteiger partial charge in [-0.2, -0.15) is 0 Å². The summed E-state index contributed by atoms with van der Waals surface area (Å²) in [5.74, 6) is 0.274. The van der Waals surface area contributed by atoms with E-state index >= 15 is 0 Å². The highest BCUT2D eigenvalue weighted by molar-refractivity contribution is 6.36. The van der Waals surface area contributed by atoms with Crippen LogP contribution >= 0.6 is 0 Å². The highest BCUT2D eigenvalue weighted by Crippen LogP contribution is 2.31. The standard InChI is InChI=1S/C20H20N4O4/c1-24(2)20(26)13-9-12(14(22)10-21)7-8-15(13)23-19(25)18-11-27-16-5-3-4-6-17(16)28-18/h3-10,18,21-22H,11H2,1-2H3,(H,23,25). The van der Waals surface area contributed by atoms with E-state index in [4.69, 9.17) is 20.3 Å². The van der Waals surface area contributed by atoms with E-state index in [9.17, 15) is 9.59 Å². The summed E-state index contributed by atoms with van der Waals surface area (Å²) in [6, 6.07) is 11.7. The van der Waals surface area contributed by atoms with Gasteiger partial charge >= 0.3 is 0 Å². The molecule has 8 heteroatoms. The van der Waals surface area contributed by atoms with Gasteiger partial charge in [0, 0.05) is 25.9 Å². The van der Waals surface area contributed by atoms with Crippen molar-refractivity contribution in [2.24, 2.45) is 0 Å². The van der Waals surface area contributed by atoms with Gasteiger partial charge in [-0.05, 0) is 24.3 Å². The number of hydrogen-bond acceptors (Lipinski definition) is 6. The predicted molar refractivity (Wildman–Crippen MR) is 105 cm³/mol. The van der Waals surface area contributed by atoms with E-state index in [0.717, 1.165) is 6.21 Å². The van der Waals surface area contributed by atoms with Crippen LogP contribution in [0.3, 0.4) is 0 Å². The van der Waals surface area contributed by atoms with Crippen molar-refractivity contribution in [2.75, 3.05) is 26.0 Å². The zero-order chi connectivity index (χ0) is 20.3. The van der Waals surface area contributed by atoms with Gasteiger partial charge in [0.05, 0.1) is 17.0 Å². The van der Waals surface area contributed by atoms with Gasteiger partial charge in [0.1, 0.15) is 6.61 Å². The third-order valence-electron chi connectivity index (χ3n) is 4.17. The van der Waals surface area contributed by atoms with Gasteiger partial charge in [-0.25, -0.2) is 0 Å². The molecular weight excluding hydrogens is 360 g/mol. The first-order valence-corrected chi connectivity index (χ1v) is 8.55. The monoisotopic (exact) mass is 380 g/mol. The minimum absolute atomic E-state index is 0.0358. The molecule has 0 saturated carbocycles. The van der Waals surface area contributed by atoms with Crippen LogP contribution in [0.2, 0.25) is 0 Å². The van der Waals surface area contributed by atoms with Gasteiger partial charge in [-0.1, -0.05) is 18.2 Å². The normalized spacial score (nSPS) is 14.7. The maximum Gasteiger partial charge on any atom is 0.269 e. The molecule has 1 atom stereocenters. The van der Waals surface area contributed by atoms with Gasteiger partial charge in [-0.15, -0.1) is 0 Å². The predicted octanol–water partition coefficient (Wildman–Crippen LogP) is 2.18. The maximum atomic E-state index is 12.7. The van der Waals surface area contributed by atoms with Crippen LogP contribution in [0.4, 0.5) is 5.69 Å². The summed E-state index contributed by atoms with van der Waals surface area (Å²) in [6.07, 6.45) is 0.0269. The van der Waals surface area contributed by atoms with Crippen molar-refractivity contribution in [1.29, 1.82) is 10.8 Å². The molecule has 2 aromatic carbocycles. The molecule has 0 fully saturated rings. The van der Waals surface area contributed by atoms with Crippen molar-refractivity contribution in [3.05, 3.63) is 53.6 Å². The molecule has 0 saturated heterocycles. The first-order chi connectivity index (χ1) is 13.4. The Morgan fingerprint density at radius 1 is 1.18 bits per heavy atom. The van der Waals surface area contributed by atoms with Crippen molar-refractivity contribution >= 4 is 29.4 Å². The quantitative estimate of drug-likeness (QED) is 0.690. The molecule has 28 heavy (non-hydrogen) atoms. The number of benzene rings is 2. The lowest BCUT2D eigenvalue weighted by molar-refractivity contribution is -0.125. The average Bonchev–Trinajstić information content (AvgIpc) is 2.72. The third kappa shape index (κ3) is 3.85. The smallest absolute Gasteiger partial charge is 0.269 e. The third-order valence-corrected chi connectivity index (χ3v) is 4.17. The fraction of sp³-hybridized carbons (Fsp3) is 0.200. The van der Waals surface area contributed by atoms with E-state index in [2.05, 4.69) is 5.32 Å². The zero-order valence-corrected chi connectivity index (χ0v) is 15.5. The molecule has 0 aliphatic carbocycles. The highest BCUT2D eigenvalue weighted by Gasteiger charge is 2.28. The number of anilines is 1. The molecule has 3 N–H and O–H groups in total. The molecule has 8 nitrogen and oxygen atoms in total. The van der Waals surface area contributed by atoms with Crippen LogP contribution in [0.5, 0.6) is 11.5 Å². The number of amides is 2. The van der Waals surface area contributed by atoms with Crippen molar-refractivity contribution < 1.29 is 19.1 Å². The van der Waals surface area contributed by atoms with E-state index in [-0.39, 0.29) is 23.8 Å². The van der Waals surface area contributed by atoms with Crippen molar-refractivity contribution in [3.63, 3.8) is 0 Å². The molecule has 2 aromatic rings. The Bertz CT molecular complexity index is 955. The molecule has 1 aliphatic rings. The van der Waals surface area contributed by atoms with Crippen LogP contribution in [-0.4, -0.2) is 55.4 Å². The lowest BCUT2D eigenvalue weighted by Gasteiger charge is -2.26. The number of carbonyl (C=O) groups excluding carboxylic acids is 2. The molecular formula is C20H20N4O4. The van der Waals surface area contributed by atoms with Gasteiger partial charge in [0.15, 0.2) is 11.5 Å². The molecule has 1 unspecified atom stereocenters. The van der Waals surface area contributed by atoms with Crippen molar-refractivity contribution in [1.82, 2.24) is 4.90 Å². The maximum absolute atomic E-state index is 12.7. The summed E-state index contributed by atoms with van der Waals surface area (Å²) >= 11 is 0. The van der Waals surface area contributed by atoms with Crippen LogP contribution in [0.25, 0.3) is 0 Å². The molecule has 0 aromatic heterocycles. The van der Waals surface area contributed by atoms with Crippen LogP contribution in [-0.2, 0) is 4.79 Å². The zero-order valence-electron chi connectivity index (χ0n) is 15.5. The molecule has 144 valence electrons. The largest absolute Gasteiger partial charge is 0.485 e. The number of hydrogen-bond donors (Lipinski definition) is 3. The van der Waals surface area contributed by atoms with E-state index in [1.165, 1.54) is 11.0 Å². The van der Waals surface area contributed by atoms with E-state index < -0.39 is 12.0 Å². The number of nitrogens with zero attached hydrogens (tertiary/aromatic N) is 1. The summed E-state index contributed by atoms with van der Waals surface area (Å²) in [5.41, 5.74) is 0.892. The Morgan fingerprint density at radius 2 is 1.89 bits per heavy atom. The highest BCUT2D eigenvalue weighted by atomic mass is 16.6. The van der Waals surface area contributed by atoms with E-state index in [1.54, 1.807) is 44.4 Å². The second-order valence-corrected chi connectivity index (χ2v) is 6.37. The van der Waals surface area contributed by atoms with Gasteiger partial charge in [0.25, 0.3) is 11.8 Å². The number of fused-ring (bicyclic) bond motifs is 1. The topological polar surface area (TPSA) is 116 Å². The van der Waals surface area contributed by atoms with Crippen LogP contribution in [0.15, 0.2) is 42.5 Å². The Balaban J connectivity index is 1.85. The fourth-order valence-corrected chi connectivity index (χ4v) is 2.68. The summed E-state index contributed by atoms with van der Waals surface area (Å²) in [7, 11) is 3.19. The molecule has 0 radical (unpaired) electrons. The molecule has 1 aliphatic heterocycles. The van der Waals surface area contributed by atoms with Gasteiger partial charge in [-0.3, -0.25) is 15.0 Å². The summed E-state index contributed by atoms with van der Waals surface area (Å²) < 4.78 is 11.3. The summed E-state index contributed by atoms with van der Waals surface area (Å²) in [6.45, 7) is 0.0519. The molecule has 3 rings (SSSR count). The Hall–Kier alpha value is -3.68. The average molecular weight is 380 g/mol. The first kappa shape index (κ1) is 19.1. The minimum Gasteiger partial charge on any atom is -0.485 e. The van der Waals surface area contributed by atoms with Crippen molar-refractivity contribution in [2.45, 2.75) is 6.10 Å². The van der Waals surface area contributed by atoms with Gasteiger partial charge < -0.3 is 25.1 Å². The Kier molecular flexibility index (Phi) is 5.39.